The van der Waals surface area contributed by atoms with Crippen LogP contribution in [0.5, 0.6) is 5.75 Å². The Morgan fingerprint density at radius 1 is 1.12 bits per heavy atom. The highest BCUT2D eigenvalue weighted by molar-refractivity contribution is 5.73. The molecule has 0 unspecified atom stereocenters. The van der Waals surface area contributed by atoms with Crippen LogP contribution in [0.25, 0.3) is 0 Å². The zero-order chi connectivity index (χ0) is 16.9. The molecule has 5 nitrogen and oxygen atoms in total. The van der Waals surface area contributed by atoms with Crippen molar-refractivity contribution in [3.63, 3.8) is 0 Å². The molecule has 3 rings (SSSR count). The molecule has 5 heteroatoms. The molecule has 24 heavy (non-hydrogen) atoms. The van der Waals surface area contributed by atoms with Crippen molar-refractivity contribution in [3.05, 3.63) is 30.3 Å². The highest BCUT2D eigenvalue weighted by atomic mass is 16.5. The van der Waals surface area contributed by atoms with Crippen LogP contribution in [0.15, 0.2) is 30.3 Å². The van der Waals surface area contributed by atoms with Gasteiger partial charge in [0, 0.05) is 58.8 Å². The first-order valence-electron chi connectivity index (χ1n) is 9.03. The Morgan fingerprint density at radius 2 is 1.83 bits per heavy atom. The summed E-state index contributed by atoms with van der Waals surface area (Å²) in [4.78, 5) is 18.5. The minimum Gasteiger partial charge on any atom is -0.492 e. The summed E-state index contributed by atoms with van der Waals surface area (Å²) in [5.74, 6) is 1.82. The number of benzene rings is 1. The third-order valence-electron chi connectivity index (χ3n) is 5.30. The lowest BCUT2D eigenvalue weighted by Gasteiger charge is -2.39. The molecule has 1 aromatic rings. The van der Waals surface area contributed by atoms with Gasteiger partial charge in [-0.15, -0.1) is 0 Å². The van der Waals surface area contributed by atoms with E-state index in [9.17, 15) is 4.79 Å². The van der Waals surface area contributed by atoms with Crippen LogP contribution in [-0.4, -0.2) is 79.1 Å². The highest BCUT2D eigenvalue weighted by Crippen LogP contribution is 2.23. The molecule has 0 aromatic heterocycles. The fraction of sp³-hybridized carbons (Fsp3) is 0.632. The number of piperazine rings is 1. The van der Waals surface area contributed by atoms with Gasteiger partial charge in [0.15, 0.2) is 0 Å². The summed E-state index contributed by atoms with van der Waals surface area (Å²) >= 11 is 0. The molecule has 1 aromatic carbocycles. The summed E-state index contributed by atoms with van der Waals surface area (Å²) in [6, 6.07) is 10.6. The monoisotopic (exact) mass is 331 g/mol. The molecule has 2 atom stereocenters. The molecule has 0 aliphatic carbocycles. The average molecular weight is 331 g/mol. The summed E-state index contributed by atoms with van der Waals surface area (Å²) in [6.45, 7) is 11.7. The molecule has 0 radical (unpaired) electrons. The number of hydrogen-bond donors (Lipinski definition) is 0. The maximum Gasteiger partial charge on any atom is 0.219 e. The first kappa shape index (κ1) is 17.2. The standard InChI is InChI=1S/C19H29N3O2/c1-16-14-20(12-13-24-18-6-4-3-5-7-18)15-19(16)22-10-8-21(9-11-22)17(2)23/h3-7,16,19H,8-15H2,1-2H3/t16-,19-/m1/s1. The Morgan fingerprint density at radius 3 is 2.50 bits per heavy atom. The molecular formula is C19H29N3O2. The van der Waals surface area contributed by atoms with Crippen LogP contribution in [0.4, 0.5) is 0 Å². The number of ether oxygens (including phenoxy) is 1. The van der Waals surface area contributed by atoms with Gasteiger partial charge in [-0.05, 0) is 18.1 Å². The summed E-state index contributed by atoms with van der Waals surface area (Å²) in [5.41, 5.74) is 0. The van der Waals surface area contributed by atoms with Gasteiger partial charge in [-0.1, -0.05) is 25.1 Å². The molecule has 0 bridgehead atoms. The summed E-state index contributed by atoms with van der Waals surface area (Å²) < 4.78 is 5.82. The summed E-state index contributed by atoms with van der Waals surface area (Å²) in [7, 11) is 0. The smallest absolute Gasteiger partial charge is 0.219 e. The van der Waals surface area contributed by atoms with E-state index in [-0.39, 0.29) is 5.91 Å². The van der Waals surface area contributed by atoms with Gasteiger partial charge in [0.1, 0.15) is 12.4 Å². The van der Waals surface area contributed by atoms with E-state index in [0.29, 0.717) is 12.0 Å². The van der Waals surface area contributed by atoms with E-state index in [1.165, 1.54) is 0 Å². The summed E-state index contributed by atoms with van der Waals surface area (Å²) in [6.07, 6.45) is 0. The van der Waals surface area contributed by atoms with Gasteiger partial charge < -0.3 is 9.64 Å². The Bertz CT molecular complexity index is 529. The zero-order valence-corrected chi connectivity index (χ0v) is 14.9. The molecule has 132 valence electrons. The molecule has 0 saturated carbocycles. The van der Waals surface area contributed by atoms with Crippen LogP contribution in [-0.2, 0) is 4.79 Å². The minimum atomic E-state index is 0.203. The van der Waals surface area contributed by atoms with Gasteiger partial charge in [0.05, 0.1) is 0 Å². The number of amides is 1. The molecule has 1 amide bonds. The Hall–Kier alpha value is -1.59. The fourth-order valence-electron chi connectivity index (χ4n) is 3.88. The fourth-order valence-corrected chi connectivity index (χ4v) is 3.88. The summed E-state index contributed by atoms with van der Waals surface area (Å²) in [5, 5.41) is 0. The number of para-hydroxylation sites is 1. The average Bonchev–Trinajstić information content (AvgIpc) is 2.96. The third-order valence-corrected chi connectivity index (χ3v) is 5.30. The number of hydrogen-bond acceptors (Lipinski definition) is 4. The van der Waals surface area contributed by atoms with Crippen molar-refractivity contribution in [2.75, 3.05) is 52.4 Å². The third kappa shape index (κ3) is 4.28. The number of nitrogens with zero attached hydrogens (tertiary/aromatic N) is 3. The van der Waals surface area contributed by atoms with Gasteiger partial charge in [-0.3, -0.25) is 14.6 Å². The lowest BCUT2D eigenvalue weighted by molar-refractivity contribution is -0.130. The van der Waals surface area contributed by atoms with E-state index in [0.717, 1.165) is 58.2 Å². The number of rotatable bonds is 5. The molecule has 2 fully saturated rings. The number of likely N-dealkylation sites (tertiary alicyclic amines) is 1. The first-order valence-corrected chi connectivity index (χ1v) is 9.03. The van der Waals surface area contributed by atoms with E-state index in [4.69, 9.17) is 4.74 Å². The van der Waals surface area contributed by atoms with Gasteiger partial charge in [0.25, 0.3) is 0 Å². The Balaban J connectivity index is 1.42. The topological polar surface area (TPSA) is 36.0 Å². The van der Waals surface area contributed by atoms with Crippen LogP contribution >= 0.6 is 0 Å². The van der Waals surface area contributed by atoms with Crippen molar-refractivity contribution in [2.24, 2.45) is 5.92 Å². The lowest BCUT2D eigenvalue weighted by Crippen LogP contribution is -2.53. The molecule has 0 N–H and O–H groups in total. The molecule has 2 aliphatic heterocycles. The van der Waals surface area contributed by atoms with Gasteiger partial charge in [-0.25, -0.2) is 0 Å². The van der Waals surface area contributed by atoms with Gasteiger partial charge >= 0.3 is 0 Å². The second-order valence-electron chi connectivity index (χ2n) is 7.01. The molecule has 0 spiro atoms. The molecule has 2 aliphatic rings. The first-order chi connectivity index (χ1) is 11.6. The van der Waals surface area contributed by atoms with E-state index in [1.54, 1.807) is 6.92 Å². The maximum absolute atomic E-state index is 11.5. The van der Waals surface area contributed by atoms with E-state index in [2.05, 4.69) is 16.7 Å². The predicted molar refractivity (Wildman–Crippen MR) is 95.2 cm³/mol. The van der Waals surface area contributed by atoms with E-state index >= 15 is 0 Å². The predicted octanol–water partition coefficient (Wildman–Crippen LogP) is 1.55. The van der Waals surface area contributed by atoms with Crippen LogP contribution in [0.1, 0.15) is 13.8 Å². The van der Waals surface area contributed by atoms with Crippen LogP contribution < -0.4 is 4.74 Å². The Kier molecular flexibility index (Phi) is 5.74. The normalized spacial score (nSPS) is 25.8. The maximum atomic E-state index is 11.5. The van der Waals surface area contributed by atoms with Crippen LogP contribution in [0, 0.1) is 5.92 Å². The SMILES string of the molecule is CC(=O)N1CCN([C@@H]2CN(CCOc3ccccc3)C[C@H]2C)CC1. The Labute approximate surface area is 145 Å². The molecule has 2 heterocycles. The second kappa shape index (κ2) is 7.99. The van der Waals surface area contributed by atoms with Crippen LogP contribution in [0.3, 0.4) is 0 Å². The van der Waals surface area contributed by atoms with Crippen molar-refractivity contribution in [1.29, 1.82) is 0 Å². The van der Waals surface area contributed by atoms with Crippen molar-refractivity contribution < 1.29 is 9.53 Å². The van der Waals surface area contributed by atoms with E-state index in [1.807, 2.05) is 35.2 Å². The quantitative estimate of drug-likeness (QED) is 0.820. The van der Waals surface area contributed by atoms with E-state index < -0.39 is 0 Å². The minimum absolute atomic E-state index is 0.203. The molecular weight excluding hydrogens is 302 g/mol. The van der Waals surface area contributed by atoms with Gasteiger partial charge in [-0.2, -0.15) is 0 Å². The number of carbonyl (C=O) groups is 1. The highest BCUT2D eigenvalue weighted by Gasteiger charge is 2.35. The van der Waals surface area contributed by atoms with Crippen molar-refractivity contribution in [3.8, 4) is 5.75 Å². The van der Waals surface area contributed by atoms with Crippen molar-refractivity contribution in [1.82, 2.24) is 14.7 Å². The van der Waals surface area contributed by atoms with Crippen molar-refractivity contribution >= 4 is 5.91 Å². The largest absolute Gasteiger partial charge is 0.492 e. The second-order valence-corrected chi connectivity index (χ2v) is 7.01. The van der Waals surface area contributed by atoms with Crippen LogP contribution in [0.2, 0.25) is 0 Å². The number of carbonyl (C=O) groups excluding carboxylic acids is 1. The lowest BCUT2D eigenvalue weighted by atomic mass is 10.0. The molecule has 2 saturated heterocycles. The van der Waals surface area contributed by atoms with Gasteiger partial charge in [0.2, 0.25) is 5.91 Å². The van der Waals surface area contributed by atoms with Crippen molar-refractivity contribution in [2.45, 2.75) is 19.9 Å². The zero-order valence-electron chi connectivity index (χ0n) is 14.9.